The van der Waals surface area contributed by atoms with Crippen molar-refractivity contribution in [3.8, 4) is 23.3 Å². The number of hydrogen-bond acceptors (Lipinski definition) is 6. The van der Waals surface area contributed by atoms with E-state index in [4.69, 9.17) is 10.5 Å². The van der Waals surface area contributed by atoms with Crippen LogP contribution in [0.15, 0.2) is 60.4 Å². The summed E-state index contributed by atoms with van der Waals surface area (Å²) >= 11 is 0. The summed E-state index contributed by atoms with van der Waals surface area (Å²) in [6.07, 6.45) is 5.08. The summed E-state index contributed by atoms with van der Waals surface area (Å²) in [5.41, 5.74) is 9.22. The molecule has 1 unspecified atom stereocenters. The van der Waals surface area contributed by atoms with E-state index in [0.29, 0.717) is 22.8 Å². The number of hydrogen-bond donors (Lipinski definition) is 2. The van der Waals surface area contributed by atoms with Gasteiger partial charge in [0.25, 0.3) is 0 Å². The molecule has 0 aliphatic carbocycles. The molecule has 1 aliphatic rings. The fourth-order valence-corrected chi connectivity index (χ4v) is 2.83. The van der Waals surface area contributed by atoms with Crippen molar-refractivity contribution in [2.24, 2.45) is 5.73 Å². The molecule has 24 heavy (non-hydrogen) atoms. The first-order chi connectivity index (χ1) is 11.8. The van der Waals surface area contributed by atoms with Gasteiger partial charge in [0.15, 0.2) is 0 Å². The number of ether oxygens (including phenoxy) is 1. The Morgan fingerprint density at radius 3 is 2.83 bits per heavy atom. The molecule has 3 N–H and O–H groups in total. The Hall–Kier alpha value is -3.66. The van der Waals surface area contributed by atoms with Gasteiger partial charge in [-0.1, -0.05) is 12.1 Å². The average molecular weight is 316 g/mol. The highest BCUT2D eigenvalue weighted by Gasteiger charge is 2.35. The van der Waals surface area contributed by atoms with E-state index in [9.17, 15) is 5.26 Å². The third-order valence-corrected chi connectivity index (χ3v) is 3.88. The minimum Gasteiger partial charge on any atom is -0.420 e. The summed E-state index contributed by atoms with van der Waals surface area (Å²) in [6, 6.07) is 11.4. The van der Waals surface area contributed by atoms with Gasteiger partial charge in [-0.3, -0.25) is 15.1 Å². The number of nitrogens with zero attached hydrogens (tertiary/aromatic N) is 4. The highest BCUT2D eigenvalue weighted by Crippen LogP contribution is 2.44. The lowest BCUT2D eigenvalue weighted by molar-refractivity contribution is 0.379. The molecule has 1 aliphatic heterocycles. The third-order valence-electron chi connectivity index (χ3n) is 3.88. The Morgan fingerprint density at radius 1 is 1.21 bits per heavy atom. The van der Waals surface area contributed by atoms with Crippen LogP contribution in [0, 0.1) is 11.3 Å². The second-order valence-electron chi connectivity index (χ2n) is 5.24. The minimum atomic E-state index is -0.414. The standard InChI is InChI=1S/C17H12N6O/c18-8-11-13(10-4-3-6-20-9-10)14-15(12-5-1-2-7-21-12)22-23-17(14)24-16(11)19/h1-7,9,13H,19H2,(H,22,23). The van der Waals surface area contributed by atoms with Crippen molar-refractivity contribution < 1.29 is 4.74 Å². The lowest BCUT2D eigenvalue weighted by Gasteiger charge is -2.23. The van der Waals surface area contributed by atoms with E-state index in [2.05, 4.69) is 26.2 Å². The molecule has 0 fully saturated rings. The highest BCUT2D eigenvalue weighted by molar-refractivity contribution is 5.68. The van der Waals surface area contributed by atoms with Crippen LogP contribution in [0.1, 0.15) is 17.0 Å². The van der Waals surface area contributed by atoms with E-state index in [1.54, 1.807) is 18.6 Å². The average Bonchev–Trinajstić information content (AvgIpc) is 3.05. The first-order valence-electron chi connectivity index (χ1n) is 7.26. The number of nitriles is 1. The molecular formula is C17H12N6O. The van der Waals surface area contributed by atoms with Gasteiger partial charge < -0.3 is 10.5 Å². The molecule has 1 atom stereocenters. The molecule has 0 aromatic carbocycles. The zero-order chi connectivity index (χ0) is 16.5. The van der Waals surface area contributed by atoms with E-state index >= 15 is 0 Å². The molecule has 0 bridgehead atoms. The van der Waals surface area contributed by atoms with E-state index in [1.807, 2.05) is 30.3 Å². The Balaban J connectivity index is 1.96. The first kappa shape index (κ1) is 14.0. The molecule has 0 amide bonds. The summed E-state index contributed by atoms with van der Waals surface area (Å²) in [6.45, 7) is 0. The van der Waals surface area contributed by atoms with Gasteiger partial charge in [0.1, 0.15) is 11.6 Å². The predicted octanol–water partition coefficient (Wildman–Crippen LogP) is 2.08. The maximum absolute atomic E-state index is 9.58. The van der Waals surface area contributed by atoms with Crippen LogP contribution in [0.4, 0.5) is 0 Å². The van der Waals surface area contributed by atoms with Gasteiger partial charge in [-0.2, -0.15) is 5.26 Å². The molecule has 0 spiro atoms. The van der Waals surface area contributed by atoms with Crippen molar-refractivity contribution in [1.29, 1.82) is 5.26 Å². The van der Waals surface area contributed by atoms with E-state index in [1.165, 1.54) is 0 Å². The molecular weight excluding hydrogens is 304 g/mol. The summed E-state index contributed by atoms with van der Waals surface area (Å²) < 4.78 is 5.53. The van der Waals surface area contributed by atoms with Crippen molar-refractivity contribution in [3.05, 3.63) is 71.5 Å². The van der Waals surface area contributed by atoms with Crippen LogP contribution >= 0.6 is 0 Å². The quantitative estimate of drug-likeness (QED) is 0.748. The lowest BCUT2D eigenvalue weighted by Crippen LogP contribution is -2.21. The van der Waals surface area contributed by atoms with Gasteiger partial charge in [-0.15, -0.1) is 5.10 Å². The van der Waals surface area contributed by atoms with Gasteiger partial charge in [-0.05, 0) is 23.8 Å². The monoisotopic (exact) mass is 316 g/mol. The Labute approximate surface area is 137 Å². The topological polar surface area (TPSA) is 114 Å². The van der Waals surface area contributed by atoms with Crippen molar-refractivity contribution >= 4 is 0 Å². The molecule has 0 saturated heterocycles. The van der Waals surface area contributed by atoms with E-state index < -0.39 is 5.92 Å². The van der Waals surface area contributed by atoms with Gasteiger partial charge in [0.2, 0.25) is 11.8 Å². The van der Waals surface area contributed by atoms with Crippen LogP contribution in [0.5, 0.6) is 5.88 Å². The van der Waals surface area contributed by atoms with Crippen LogP contribution < -0.4 is 10.5 Å². The van der Waals surface area contributed by atoms with Crippen molar-refractivity contribution in [3.63, 3.8) is 0 Å². The van der Waals surface area contributed by atoms with Gasteiger partial charge in [0.05, 0.1) is 22.9 Å². The largest absolute Gasteiger partial charge is 0.420 e. The van der Waals surface area contributed by atoms with Crippen LogP contribution in [-0.2, 0) is 0 Å². The predicted molar refractivity (Wildman–Crippen MR) is 85.4 cm³/mol. The molecule has 3 aromatic heterocycles. The van der Waals surface area contributed by atoms with Crippen molar-refractivity contribution in [2.75, 3.05) is 0 Å². The van der Waals surface area contributed by atoms with Crippen LogP contribution in [0.2, 0.25) is 0 Å². The number of nitrogens with two attached hydrogens (primary N) is 1. The van der Waals surface area contributed by atoms with E-state index in [0.717, 1.165) is 11.1 Å². The van der Waals surface area contributed by atoms with Crippen LogP contribution in [-0.4, -0.2) is 20.2 Å². The Bertz CT molecular complexity index is 956. The smallest absolute Gasteiger partial charge is 0.244 e. The highest BCUT2D eigenvalue weighted by atomic mass is 16.5. The Kier molecular flexibility index (Phi) is 3.21. The van der Waals surface area contributed by atoms with Gasteiger partial charge in [0, 0.05) is 18.6 Å². The second-order valence-corrected chi connectivity index (χ2v) is 5.24. The molecule has 7 nitrogen and oxygen atoms in total. The number of pyridine rings is 2. The maximum Gasteiger partial charge on any atom is 0.244 e. The fourth-order valence-electron chi connectivity index (χ4n) is 2.83. The normalized spacial score (nSPS) is 16.2. The number of aromatic nitrogens is 4. The fraction of sp³-hybridized carbons (Fsp3) is 0.0588. The summed E-state index contributed by atoms with van der Waals surface area (Å²) in [5, 5.41) is 16.7. The van der Waals surface area contributed by atoms with E-state index in [-0.39, 0.29) is 5.88 Å². The number of H-pyrrole nitrogens is 1. The number of allylic oxidation sites excluding steroid dienone is 1. The summed E-state index contributed by atoms with van der Waals surface area (Å²) in [7, 11) is 0. The SMILES string of the molecule is N#CC1=C(N)Oc2n[nH]c(-c3ccccn3)c2C1c1cccnc1. The molecule has 0 radical (unpaired) electrons. The number of aromatic amines is 1. The number of fused-ring (bicyclic) bond motifs is 1. The molecule has 7 heteroatoms. The van der Waals surface area contributed by atoms with Crippen LogP contribution in [0.25, 0.3) is 11.4 Å². The zero-order valence-corrected chi connectivity index (χ0v) is 12.5. The van der Waals surface area contributed by atoms with Crippen LogP contribution in [0.3, 0.4) is 0 Å². The molecule has 0 saturated carbocycles. The zero-order valence-electron chi connectivity index (χ0n) is 12.5. The maximum atomic E-state index is 9.58. The van der Waals surface area contributed by atoms with Gasteiger partial charge >= 0.3 is 0 Å². The first-order valence-corrected chi connectivity index (χ1v) is 7.26. The lowest BCUT2D eigenvalue weighted by atomic mass is 9.84. The molecule has 4 heterocycles. The Morgan fingerprint density at radius 2 is 2.12 bits per heavy atom. The minimum absolute atomic E-state index is 0.0536. The molecule has 3 aromatic rings. The van der Waals surface area contributed by atoms with Gasteiger partial charge in [-0.25, -0.2) is 0 Å². The second kappa shape index (κ2) is 5.52. The number of rotatable bonds is 2. The number of nitrogens with one attached hydrogen (secondary N) is 1. The molecule has 116 valence electrons. The third kappa shape index (κ3) is 2.09. The van der Waals surface area contributed by atoms with Crippen molar-refractivity contribution in [1.82, 2.24) is 20.2 Å². The summed E-state index contributed by atoms with van der Waals surface area (Å²) in [5.74, 6) is -0.0119. The van der Waals surface area contributed by atoms with Crippen molar-refractivity contribution in [2.45, 2.75) is 5.92 Å². The summed E-state index contributed by atoms with van der Waals surface area (Å²) in [4.78, 5) is 8.51. The molecule has 4 rings (SSSR count).